The molecule has 0 bridgehead atoms. The first-order valence-electron chi connectivity index (χ1n) is 12.5. The number of hydrogen-bond acceptors (Lipinski definition) is 5. The monoisotopic (exact) mass is 529 g/mol. The number of aryl methyl sites for hydroxylation is 1. The fraction of sp³-hybridized carbons (Fsp3) is 0.444. The highest BCUT2D eigenvalue weighted by molar-refractivity contribution is 6.32. The van der Waals surface area contributed by atoms with Crippen LogP contribution in [0.4, 0.5) is 14.5 Å². The van der Waals surface area contributed by atoms with Crippen molar-refractivity contribution in [2.75, 3.05) is 11.5 Å². The third-order valence-electron chi connectivity index (χ3n) is 7.52. The number of rotatable bonds is 10. The molecule has 0 spiro atoms. The number of fused-ring (bicyclic) bond motifs is 1. The molecule has 1 atom stereocenters. The number of nitrogens with zero attached hydrogens (tertiary/aromatic N) is 4. The molecule has 1 fully saturated rings. The van der Waals surface area contributed by atoms with Crippen LogP contribution in [0.3, 0.4) is 0 Å². The lowest BCUT2D eigenvalue weighted by atomic mass is 9.78. The van der Waals surface area contributed by atoms with Crippen molar-refractivity contribution in [1.82, 2.24) is 20.1 Å². The van der Waals surface area contributed by atoms with Gasteiger partial charge < -0.3 is 19.5 Å². The largest absolute Gasteiger partial charge is 0.345 e. The summed E-state index contributed by atoms with van der Waals surface area (Å²) in [6.45, 7) is 0.267. The zero-order valence-electron chi connectivity index (χ0n) is 20.9. The maximum Gasteiger partial charge on any atom is 0.345 e. The number of benzene rings is 2. The SMILES string of the molecule is Cn1cnnc1[C@H](CCOC(F)F)c1cccc(N2Cc3c(Cl)cc(CNC4(C)CCC4)cc3C2=O)c1. The van der Waals surface area contributed by atoms with E-state index in [-0.39, 0.29) is 30.4 Å². The lowest BCUT2D eigenvalue weighted by Crippen LogP contribution is -2.47. The van der Waals surface area contributed by atoms with E-state index in [0.717, 1.165) is 29.5 Å². The topological polar surface area (TPSA) is 72.3 Å². The van der Waals surface area contributed by atoms with Crippen LogP contribution >= 0.6 is 11.6 Å². The van der Waals surface area contributed by atoms with E-state index in [1.165, 1.54) is 6.42 Å². The normalized spacial score (nSPS) is 17.2. The van der Waals surface area contributed by atoms with Crippen LogP contribution in [0.5, 0.6) is 0 Å². The minimum Gasteiger partial charge on any atom is -0.323 e. The number of anilines is 1. The zero-order chi connectivity index (χ0) is 26.2. The smallest absolute Gasteiger partial charge is 0.323 e. The highest BCUT2D eigenvalue weighted by atomic mass is 35.5. The Morgan fingerprint density at radius 2 is 2.05 bits per heavy atom. The van der Waals surface area contributed by atoms with Crippen LogP contribution in [-0.2, 0) is 24.9 Å². The molecule has 1 N–H and O–H groups in total. The average molecular weight is 530 g/mol. The minimum absolute atomic E-state index is 0.109. The maximum atomic E-state index is 13.5. The van der Waals surface area contributed by atoms with Gasteiger partial charge in [-0.05, 0) is 68.0 Å². The Balaban J connectivity index is 1.38. The number of carbonyl (C=O) groups is 1. The first kappa shape index (κ1) is 25.8. The number of aromatic nitrogens is 3. The predicted octanol–water partition coefficient (Wildman–Crippen LogP) is 5.42. The number of alkyl halides is 2. The molecule has 37 heavy (non-hydrogen) atoms. The second-order valence-electron chi connectivity index (χ2n) is 10.1. The van der Waals surface area contributed by atoms with Gasteiger partial charge in [-0.15, -0.1) is 10.2 Å². The molecule has 1 amide bonds. The molecule has 2 heterocycles. The number of halogens is 3. The molecule has 0 radical (unpaired) electrons. The van der Waals surface area contributed by atoms with Gasteiger partial charge >= 0.3 is 6.61 Å². The van der Waals surface area contributed by atoms with Crippen LogP contribution in [0.25, 0.3) is 0 Å². The third-order valence-corrected chi connectivity index (χ3v) is 7.85. The lowest BCUT2D eigenvalue weighted by Gasteiger charge is -2.39. The van der Waals surface area contributed by atoms with Gasteiger partial charge in [-0.25, -0.2) is 0 Å². The lowest BCUT2D eigenvalue weighted by molar-refractivity contribution is -0.129. The van der Waals surface area contributed by atoms with E-state index < -0.39 is 6.61 Å². The zero-order valence-corrected chi connectivity index (χ0v) is 21.6. The minimum atomic E-state index is -2.84. The fourth-order valence-corrected chi connectivity index (χ4v) is 5.47. The summed E-state index contributed by atoms with van der Waals surface area (Å²) in [5.74, 6) is 0.189. The summed E-state index contributed by atoms with van der Waals surface area (Å²) in [5, 5.41) is 12.3. The van der Waals surface area contributed by atoms with Crippen molar-refractivity contribution >= 4 is 23.2 Å². The van der Waals surface area contributed by atoms with E-state index in [1.807, 2.05) is 36.4 Å². The summed E-state index contributed by atoms with van der Waals surface area (Å²) in [4.78, 5) is 15.2. The number of carbonyl (C=O) groups excluding carboxylic acids is 1. The molecule has 1 aromatic heterocycles. The third kappa shape index (κ3) is 5.39. The second-order valence-corrected chi connectivity index (χ2v) is 10.5. The maximum absolute atomic E-state index is 13.5. The van der Waals surface area contributed by atoms with Gasteiger partial charge in [0.2, 0.25) is 0 Å². The second kappa shape index (κ2) is 10.5. The van der Waals surface area contributed by atoms with E-state index in [4.69, 9.17) is 11.6 Å². The van der Waals surface area contributed by atoms with Crippen LogP contribution in [-0.4, -0.2) is 39.4 Å². The Hall–Kier alpha value is -2.88. The van der Waals surface area contributed by atoms with E-state index >= 15 is 0 Å². The Morgan fingerprint density at radius 3 is 2.73 bits per heavy atom. The molecule has 1 saturated carbocycles. The van der Waals surface area contributed by atoms with Gasteiger partial charge in [0.05, 0.1) is 13.2 Å². The molecule has 7 nitrogen and oxygen atoms in total. The summed E-state index contributed by atoms with van der Waals surface area (Å²) in [6.07, 6.45) is 5.39. The van der Waals surface area contributed by atoms with E-state index in [0.29, 0.717) is 35.2 Å². The first-order chi connectivity index (χ1) is 17.7. The molecule has 2 aliphatic rings. The molecule has 5 rings (SSSR count). The van der Waals surface area contributed by atoms with Gasteiger partial charge in [0.25, 0.3) is 5.91 Å². The Labute approximate surface area is 219 Å². The molecule has 0 saturated heterocycles. The summed E-state index contributed by atoms with van der Waals surface area (Å²) in [7, 11) is 1.81. The Bertz CT molecular complexity index is 1290. The standard InChI is InChI=1S/C27H30ClF2N5O2/c1-27(8-4-9-27)31-14-17-11-21-22(23(28)12-17)15-35(25(21)36)19-6-3-5-18(13-19)20(7-10-37-26(29)30)24-33-32-16-34(24)2/h3,5-6,11-13,16,20,26,31H,4,7-10,14-15H2,1-2H3/t20-/m1/s1. The number of ether oxygens (including phenoxy) is 1. The average Bonchev–Trinajstić information content (AvgIpc) is 3.42. The van der Waals surface area contributed by atoms with Crippen molar-refractivity contribution < 1.29 is 18.3 Å². The molecule has 196 valence electrons. The Morgan fingerprint density at radius 1 is 1.24 bits per heavy atom. The van der Waals surface area contributed by atoms with E-state index in [9.17, 15) is 13.6 Å². The molecule has 1 aliphatic heterocycles. The van der Waals surface area contributed by atoms with Crippen molar-refractivity contribution in [3.8, 4) is 0 Å². The quantitative estimate of drug-likeness (QED) is 0.379. The molecule has 10 heteroatoms. The fourth-order valence-electron chi connectivity index (χ4n) is 5.17. The Kier molecular flexibility index (Phi) is 7.29. The molecular weight excluding hydrogens is 500 g/mol. The van der Waals surface area contributed by atoms with Crippen molar-refractivity contribution in [2.24, 2.45) is 7.05 Å². The molecule has 2 aromatic carbocycles. The van der Waals surface area contributed by atoms with Gasteiger partial charge in [-0.3, -0.25) is 4.79 Å². The molecule has 3 aromatic rings. The van der Waals surface area contributed by atoms with Gasteiger partial charge in [0, 0.05) is 46.9 Å². The number of amides is 1. The molecular formula is C27H30ClF2N5O2. The highest BCUT2D eigenvalue weighted by Crippen LogP contribution is 2.37. The van der Waals surface area contributed by atoms with Crippen molar-refractivity contribution in [3.05, 3.63) is 75.8 Å². The van der Waals surface area contributed by atoms with Crippen LogP contribution < -0.4 is 10.2 Å². The van der Waals surface area contributed by atoms with Gasteiger partial charge in [0.15, 0.2) is 0 Å². The van der Waals surface area contributed by atoms with Crippen LogP contribution in [0.15, 0.2) is 42.7 Å². The number of hydrogen-bond donors (Lipinski definition) is 1. The predicted molar refractivity (Wildman–Crippen MR) is 137 cm³/mol. The summed E-state index contributed by atoms with van der Waals surface area (Å²) in [5.41, 5.74) is 4.11. The highest BCUT2D eigenvalue weighted by Gasteiger charge is 2.33. The summed E-state index contributed by atoms with van der Waals surface area (Å²) in [6, 6.07) is 11.4. The first-order valence-corrected chi connectivity index (χ1v) is 12.8. The molecule has 1 aliphatic carbocycles. The van der Waals surface area contributed by atoms with Gasteiger partial charge in [0.1, 0.15) is 12.2 Å². The number of nitrogens with one attached hydrogen (secondary N) is 1. The van der Waals surface area contributed by atoms with E-state index in [1.54, 1.807) is 22.8 Å². The summed E-state index contributed by atoms with van der Waals surface area (Å²) >= 11 is 6.64. The van der Waals surface area contributed by atoms with Crippen LogP contribution in [0.2, 0.25) is 5.02 Å². The molecule has 0 unspecified atom stereocenters. The van der Waals surface area contributed by atoms with Gasteiger partial charge in [-0.2, -0.15) is 8.78 Å². The van der Waals surface area contributed by atoms with E-state index in [2.05, 4.69) is 27.2 Å². The van der Waals surface area contributed by atoms with Crippen molar-refractivity contribution in [3.63, 3.8) is 0 Å². The van der Waals surface area contributed by atoms with Crippen molar-refractivity contribution in [1.29, 1.82) is 0 Å². The van der Waals surface area contributed by atoms with Crippen LogP contribution in [0, 0.1) is 0 Å². The summed E-state index contributed by atoms with van der Waals surface area (Å²) < 4.78 is 31.5. The van der Waals surface area contributed by atoms with Crippen molar-refractivity contribution in [2.45, 2.75) is 63.8 Å². The van der Waals surface area contributed by atoms with Crippen LogP contribution in [0.1, 0.15) is 71.4 Å². The van der Waals surface area contributed by atoms with Gasteiger partial charge in [-0.1, -0.05) is 23.7 Å².